The molecule has 202 valence electrons. The molecule has 2 N–H and O–H groups in total. The third-order valence-electron chi connectivity index (χ3n) is 7.12. The fraction of sp³-hybridized carbons (Fsp3) is 0.462. The highest BCUT2D eigenvalue weighted by molar-refractivity contribution is 5.88. The highest BCUT2D eigenvalue weighted by Gasteiger charge is 2.51. The molecule has 2 aromatic rings. The fourth-order valence-corrected chi connectivity index (χ4v) is 4.64. The van der Waals surface area contributed by atoms with Crippen LogP contribution < -0.4 is 10.1 Å². The molecular weight excluding hydrogens is 513 g/mol. The van der Waals surface area contributed by atoms with Gasteiger partial charge in [0.2, 0.25) is 5.91 Å². The SMILES string of the molecule is CN(CCOc1cccc(C(F)(F)F)c1)C1(C(=O)NC2(c3ccc(C(=O)O)cc3)CC2)CCOCC1.Cl. The molecule has 1 heterocycles. The van der Waals surface area contributed by atoms with E-state index >= 15 is 0 Å². The van der Waals surface area contributed by atoms with E-state index in [4.69, 9.17) is 14.6 Å². The van der Waals surface area contributed by atoms with Gasteiger partial charge in [0.15, 0.2) is 0 Å². The lowest BCUT2D eigenvalue weighted by atomic mass is 9.86. The van der Waals surface area contributed by atoms with Gasteiger partial charge in [-0.1, -0.05) is 18.2 Å². The normalized spacial score (nSPS) is 18.0. The molecule has 0 unspecified atom stereocenters. The molecule has 37 heavy (non-hydrogen) atoms. The van der Waals surface area contributed by atoms with Crippen LogP contribution in [0.3, 0.4) is 0 Å². The quantitative estimate of drug-likeness (QED) is 0.485. The summed E-state index contributed by atoms with van der Waals surface area (Å²) in [5, 5.41) is 12.4. The second-order valence-corrected chi connectivity index (χ2v) is 9.36. The van der Waals surface area contributed by atoms with Gasteiger partial charge in [0.1, 0.15) is 17.9 Å². The summed E-state index contributed by atoms with van der Waals surface area (Å²) in [7, 11) is 1.81. The van der Waals surface area contributed by atoms with Crippen molar-refractivity contribution in [2.24, 2.45) is 0 Å². The average molecular weight is 543 g/mol. The molecule has 2 aromatic carbocycles. The molecule has 1 saturated heterocycles. The number of rotatable bonds is 9. The molecule has 1 aliphatic heterocycles. The van der Waals surface area contributed by atoms with Crippen LogP contribution >= 0.6 is 12.4 Å². The molecule has 0 atom stereocenters. The first-order valence-electron chi connectivity index (χ1n) is 11.8. The Morgan fingerprint density at radius 3 is 2.30 bits per heavy atom. The summed E-state index contributed by atoms with van der Waals surface area (Å²) >= 11 is 0. The number of benzene rings is 2. The van der Waals surface area contributed by atoms with Crippen molar-refractivity contribution >= 4 is 24.3 Å². The van der Waals surface area contributed by atoms with Crippen molar-refractivity contribution in [2.75, 3.05) is 33.4 Å². The number of hydrogen-bond donors (Lipinski definition) is 2. The minimum absolute atomic E-state index is 0. The zero-order valence-corrected chi connectivity index (χ0v) is 21.2. The topological polar surface area (TPSA) is 88.1 Å². The highest BCUT2D eigenvalue weighted by atomic mass is 35.5. The Morgan fingerprint density at radius 1 is 1.08 bits per heavy atom. The van der Waals surface area contributed by atoms with E-state index in [0.29, 0.717) is 32.6 Å². The Bertz CT molecular complexity index is 1100. The van der Waals surface area contributed by atoms with Crippen molar-refractivity contribution < 1.29 is 37.3 Å². The fourth-order valence-electron chi connectivity index (χ4n) is 4.64. The van der Waals surface area contributed by atoms with Gasteiger partial charge in [-0.25, -0.2) is 4.79 Å². The second kappa shape index (κ2) is 11.3. The maximum Gasteiger partial charge on any atom is 0.416 e. The summed E-state index contributed by atoms with van der Waals surface area (Å²) in [4.78, 5) is 26.7. The third-order valence-corrected chi connectivity index (χ3v) is 7.12. The molecule has 2 fully saturated rings. The van der Waals surface area contributed by atoms with Gasteiger partial charge in [-0.3, -0.25) is 9.69 Å². The van der Waals surface area contributed by atoms with E-state index in [2.05, 4.69) is 5.32 Å². The predicted octanol–water partition coefficient (Wildman–Crippen LogP) is 4.49. The van der Waals surface area contributed by atoms with Gasteiger partial charge in [0, 0.05) is 19.8 Å². The molecule has 4 rings (SSSR count). The third kappa shape index (κ3) is 6.37. The number of nitrogens with one attached hydrogen (secondary N) is 1. The van der Waals surface area contributed by atoms with E-state index < -0.39 is 28.8 Å². The number of halogens is 4. The maximum atomic E-state index is 13.7. The van der Waals surface area contributed by atoms with Crippen molar-refractivity contribution in [3.8, 4) is 5.75 Å². The molecule has 1 amide bonds. The molecule has 11 heteroatoms. The summed E-state index contributed by atoms with van der Waals surface area (Å²) in [5.41, 5.74) is -1.12. The van der Waals surface area contributed by atoms with Crippen LogP contribution in [-0.2, 0) is 21.2 Å². The van der Waals surface area contributed by atoms with Crippen molar-refractivity contribution in [3.63, 3.8) is 0 Å². The van der Waals surface area contributed by atoms with Crippen LogP contribution in [0.15, 0.2) is 48.5 Å². The Morgan fingerprint density at radius 2 is 1.73 bits per heavy atom. The van der Waals surface area contributed by atoms with Gasteiger partial charge in [-0.05, 0) is 68.6 Å². The zero-order valence-electron chi connectivity index (χ0n) is 20.3. The number of ether oxygens (including phenoxy) is 2. The standard InChI is InChI=1S/C26H29F3N2O5.ClH/c1-31(13-16-36-21-4-2-3-20(17-21)26(27,28)29)25(11-14-35-15-12-25)23(34)30-24(9-10-24)19-7-5-18(6-8-19)22(32)33;/h2-8,17H,9-16H2,1H3,(H,30,34)(H,32,33);1H. The molecular formula is C26H30ClF3N2O5. The summed E-state index contributed by atoms with van der Waals surface area (Å²) in [6.07, 6.45) is -2.02. The number of amides is 1. The molecule has 1 aliphatic carbocycles. The smallest absolute Gasteiger partial charge is 0.416 e. The molecule has 0 aromatic heterocycles. The number of carboxylic acids is 1. The lowest BCUT2D eigenvalue weighted by Crippen LogP contribution is -2.62. The number of alkyl halides is 3. The van der Waals surface area contributed by atoms with Crippen molar-refractivity contribution in [1.82, 2.24) is 10.2 Å². The molecule has 7 nitrogen and oxygen atoms in total. The van der Waals surface area contributed by atoms with E-state index in [0.717, 1.165) is 30.5 Å². The number of carbonyl (C=O) groups excluding carboxylic acids is 1. The highest BCUT2D eigenvalue weighted by Crippen LogP contribution is 2.46. The molecule has 1 saturated carbocycles. The Kier molecular flexibility index (Phi) is 8.77. The number of hydrogen-bond acceptors (Lipinski definition) is 5. The van der Waals surface area contributed by atoms with Gasteiger partial charge < -0.3 is 19.9 Å². The van der Waals surface area contributed by atoms with E-state index in [1.54, 1.807) is 12.1 Å². The first-order valence-corrected chi connectivity index (χ1v) is 11.8. The lowest BCUT2D eigenvalue weighted by molar-refractivity contribution is -0.141. The Hall–Kier alpha value is -2.82. The number of carboxylic acid groups (broad SMARTS) is 1. The molecule has 0 bridgehead atoms. The number of nitrogens with zero attached hydrogens (tertiary/aromatic N) is 1. The monoisotopic (exact) mass is 542 g/mol. The minimum atomic E-state index is -4.45. The second-order valence-electron chi connectivity index (χ2n) is 9.36. The van der Waals surface area contributed by atoms with Gasteiger partial charge >= 0.3 is 12.1 Å². The predicted molar refractivity (Wildman–Crippen MR) is 132 cm³/mol. The van der Waals surface area contributed by atoms with Crippen molar-refractivity contribution in [2.45, 2.75) is 42.9 Å². The largest absolute Gasteiger partial charge is 0.492 e. The molecule has 0 spiro atoms. The van der Waals surface area contributed by atoms with Crippen LogP contribution in [0.25, 0.3) is 0 Å². The van der Waals surface area contributed by atoms with Crippen LogP contribution in [0.4, 0.5) is 13.2 Å². The van der Waals surface area contributed by atoms with Crippen LogP contribution in [0, 0.1) is 0 Å². The van der Waals surface area contributed by atoms with E-state index in [1.165, 1.54) is 24.3 Å². The Balaban J connectivity index is 0.00000380. The van der Waals surface area contributed by atoms with Crippen LogP contribution in [0.2, 0.25) is 0 Å². The summed E-state index contributed by atoms with van der Waals surface area (Å²) < 4.78 is 50.0. The number of carbonyl (C=O) groups is 2. The van der Waals surface area contributed by atoms with E-state index in [1.807, 2.05) is 11.9 Å². The van der Waals surface area contributed by atoms with Gasteiger partial charge in [0.25, 0.3) is 0 Å². The van der Waals surface area contributed by atoms with Gasteiger partial charge in [-0.2, -0.15) is 13.2 Å². The Labute approximate surface area is 219 Å². The summed E-state index contributed by atoms with van der Waals surface area (Å²) in [6.45, 7) is 1.25. The summed E-state index contributed by atoms with van der Waals surface area (Å²) in [5.74, 6) is -1.04. The lowest BCUT2D eigenvalue weighted by Gasteiger charge is -2.43. The average Bonchev–Trinajstić information content (AvgIpc) is 3.64. The van der Waals surface area contributed by atoms with Crippen molar-refractivity contribution in [1.29, 1.82) is 0 Å². The first kappa shape index (κ1) is 28.7. The van der Waals surface area contributed by atoms with E-state index in [9.17, 15) is 22.8 Å². The van der Waals surface area contributed by atoms with E-state index in [-0.39, 0.29) is 36.2 Å². The molecule has 2 aliphatic rings. The van der Waals surface area contributed by atoms with Gasteiger partial charge in [0.05, 0.1) is 16.7 Å². The van der Waals surface area contributed by atoms with Gasteiger partial charge in [-0.15, -0.1) is 12.4 Å². The first-order chi connectivity index (χ1) is 17.1. The summed E-state index contributed by atoms with van der Waals surface area (Å²) in [6, 6.07) is 11.3. The number of aromatic carboxylic acids is 1. The van der Waals surface area contributed by atoms with Crippen LogP contribution in [0.1, 0.15) is 47.2 Å². The minimum Gasteiger partial charge on any atom is -0.492 e. The van der Waals surface area contributed by atoms with Crippen molar-refractivity contribution in [3.05, 3.63) is 65.2 Å². The molecule has 0 radical (unpaired) electrons. The van der Waals surface area contributed by atoms with Crippen LogP contribution in [0.5, 0.6) is 5.75 Å². The maximum absolute atomic E-state index is 13.7. The van der Waals surface area contributed by atoms with Crippen LogP contribution in [-0.4, -0.2) is 60.8 Å². The number of likely N-dealkylation sites (N-methyl/N-ethyl adjacent to an activating group) is 1. The zero-order chi connectivity index (χ0) is 26.0.